The number of pyridine rings is 1. The monoisotopic (exact) mass is 288 g/mol. The van der Waals surface area contributed by atoms with Crippen molar-refractivity contribution in [3.63, 3.8) is 0 Å². The van der Waals surface area contributed by atoms with Crippen LogP contribution in [0.1, 0.15) is 10.4 Å². The van der Waals surface area contributed by atoms with Gasteiger partial charge in [0.2, 0.25) is 0 Å². The molecule has 0 spiro atoms. The summed E-state index contributed by atoms with van der Waals surface area (Å²) in [7, 11) is 1.33. The SMILES string of the molecule is COc1ccc(NC(=O)c2cnccc2N)cc1[N+](=O)[O-]. The van der Waals surface area contributed by atoms with E-state index in [1.165, 1.54) is 43.8 Å². The van der Waals surface area contributed by atoms with Crippen molar-refractivity contribution >= 4 is 23.0 Å². The van der Waals surface area contributed by atoms with Gasteiger partial charge in [0, 0.05) is 29.8 Å². The first-order chi connectivity index (χ1) is 10.0. The third-order valence-electron chi connectivity index (χ3n) is 2.73. The number of nitrogens with one attached hydrogen (secondary N) is 1. The van der Waals surface area contributed by atoms with E-state index in [2.05, 4.69) is 10.3 Å². The topological polar surface area (TPSA) is 120 Å². The molecule has 0 aliphatic rings. The van der Waals surface area contributed by atoms with Gasteiger partial charge in [0.05, 0.1) is 17.6 Å². The van der Waals surface area contributed by atoms with E-state index in [0.717, 1.165) is 0 Å². The molecule has 2 rings (SSSR count). The van der Waals surface area contributed by atoms with Crippen LogP contribution in [0.5, 0.6) is 5.75 Å². The lowest BCUT2D eigenvalue weighted by Crippen LogP contribution is -2.14. The summed E-state index contributed by atoms with van der Waals surface area (Å²) in [5, 5.41) is 13.5. The lowest BCUT2D eigenvalue weighted by molar-refractivity contribution is -0.385. The molecule has 0 fully saturated rings. The number of aromatic nitrogens is 1. The standard InChI is InChI=1S/C13H12N4O4/c1-21-12-3-2-8(6-11(12)17(19)20)16-13(18)9-7-15-5-4-10(9)14/h2-7H,1H3,(H2,14,15)(H,16,18). The van der Waals surface area contributed by atoms with Gasteiger partial charge in [-0.3, -0.25) is 19.9 Å². The molecule has 0 atom stereocenters. The molecule has 8 nitrogen and oxygen atoms in total. The van der Waals surface area contributed by atoms with Crippen molar-refractivity contribution < 1.29 is 14.5 Å². The minimum Gasteiger partial charge on any atom is -0.490 e. The highest BCUT2D eigenvalue weighted by Crippen LogP contribution is 2.29. The van der Waals surface area contributed by atoms with E-state index < -0.39 is 10.8 Å². The number of nitro benzene ring substituents is 1. The molecule has 0 unspecified atom stereocenters. The Morgan fingerprint density at radius 2 is 2.19 bits per heavy atom. The second-order valence-corrected chi connectivity index (χ2v) is 4.06. The van der Waals surface area contributed by atoms with Crippen LogP contribution < -0.4 is 15.8 Å². The summed E-state index contributed by atoms with van der Waals surface area (Å²) in [5.41, 5.74) is 6.15. The summed E-state index contributed by atoms with van der Waals surface area (Å²) in [6, 6.07) is 5.60. The number of nitro groups is 1. The minimum absolute atomic E-state index is 0.110. The summed E-state index contributed by atoms with van der Waals surface area (Å²) in [6.07, 6.45) is 2.78. The number of carbonyl (C=O) groups excluding carboxylic acids is 1. The third kappa shape index (κ3) is 3.06. The van der Waals surface area contributed by atoms with Crippen molar-refractivity contribution in [2.75, 3.05) is 18.2 Å². The predicted octanol–water partition coefficient (Wildman–Crippen LogP) is 1.83. The second-order valence-electron chi connectivity index (χ2n) is 4.06. The molecule has 0 saturated carbocycles. The van der Waals surface area contributed by atoms with Crippen LogP contribution in [-0.4, -0.2) is 22.9 Å². The Kier molecular flexibility index (Phi) is 3.98. The Morgan fingerprint density at radius 3 is 2.81 bits per heavy atom. The third-order valence-corrected chi connectivity index (χ3v) is 2.73. The highest BCUT2D eigenvalue weighted by molar-refractivity contribution is 6.07. The Balaban J connectivity index is 2.28. The Morgan fingerprint density at radius 1 is 1.43 bits per heavy atom. The van der Waals surface area contributed by atoms with Gasteiger partial charge in [-0.05, 0) is 18.2 Å². The van der Waals surface area contributed by atoms with Crippen LogP contribution in [0.3, 0.4) is 0 Å². The number of nitrogen functional groups attached to an aromatic ring is 1. The van der Waals surface area contributed by atoms with E-state index >= 15 is 0 Å². The first-order valence-corrected chi connectivity index (χ1v) is 5.86. The normalized spacial score (nSPS) is 9.95. The van der Waals surface area contributed by atoms with Gasteiger partial charge >= 0.3 is 5.69 Å². The van der Waals surface area contributed by atoms with Crippen LogP contribution in [0, 0.1) is 10.1 Å². The maximum atomic E-state index is 12.0. The van der Waals surface area contributed by atoms with Crippen molar-refractivity contribution in [2.24, 2.45) is 0 Å². The van der Waals surface area contributed by atoms with Crippen LogP contribution in [0.25, 0.3) is 0 Å². The Labute approximate surface area is 119 Å². The van der Waals surface area contributed by atoms with Crippen LogP contribution in [0.4, 0.5) is 17.1 Å². The summed E-state index contributed by atoms with van der Waals surface area (Å²) < 4.78 is 4.89. The molecule has 21 heavy (non-hydrogen) atoms. The van der Waals surface area contributed by atoms with E-state index in [1.807, 2.05) is 0 Å². The van der Waals surface area contributed by atoms with E-state index in [-0.39, 0.29) is 28.4 Å². The molecule has 8 heteroatoms. The zero-order chi connectivity index (χ0) is 15.4. The summed E-state index contributed by atoms with van der Waals surface area (Å²) in [5.74, 6) is -0.390. The fraction of sp³-hybridized carbons (Fsp3) is 0.0769. The van der Waals surface area contributed by atoms with Gasteiger partial charge in [0.1, 0.15) is 0 Å². The van der Waals surface area contributed by atoms with E-state index in [1.54, 1.807) is 0 Å². The fourth-order valence-electron chi connectivity index (χ4n) is 1.70. The number of nitrogens with two attached hydrogens (primary N) is 1. The van der Waals surface area contributed by atoms with Crippen molar-refractivity contribution in [1.82, 2.24) is 4.98 Å². The molecule has 2 aromatic rings. The van der Waals surface area contributed by atoms with Gasteiger partial charge in [-0.15, -0.1) is 0 Å². The minimum atomic E-state index is -0.590. The molecule has 1 aromatic carbocycles. The fourth-order valence-corrected chi connectivity index (χ4v) is 1.70. The number of nitrogens with zero attached hydrogens (tertiary/aromatic N) is 2. The van der Waals surface area contributed by atoms with Crippen LogP contribution in [-0.2, 0) is 0 Å². The molecule has 0 aliphatic heterocycles. The first-order valence-electron chi connectivity index (χ1n) is 5.86. The van der Waals surface area contributed by atoms with Gasteiger partial charge in [-0.2, -0.15) is 0 Å². The summed E-state index contributed by atoms with van der Waals surface area (Å²) in [4.78, 5) is 26.2. The van der Waals surface area contributed by atoms with Gasteiger partial charge < -0.3 is 15.8 Å². The lowest BCUT2D eigenvalue weighted by atomic mass is 10.2. The Hall–Kier alpha value is -3.16. The zero-order valence-corrected chi connectivity index (χ0v) is 11.1. The molecule has 108 valence electrons. The zero-order valence-electron chi connectivity index (χ0n) is 11.1. The van der Waals surface area contributed by atoms with E-state index in [4.69, 9.17) is 10.5 Å². The van der Waals surface area contributed by atoms with Gasteiger partial charge in [0.25, 0.3) is 5.91 Å². The summed E-state index contributed by atoms with van der Waals surface area (Å²) in [6.45, 7) is 0. The smallest absolute Gasteiger partial charge is 0.312 e. The first kappa shape index (κ1) is 14.3. The van der Waals surface area contributed by atoms with Crippen LogP contribution >= 0.6 is 0 Å². The molecule has 1 aromatic heterocycles. The number of rotatable bonds is 4. The number of ether oxygens (including phenoxy) is 1. The van der Waals surface area contributed by atoms with E-state index in [9.17, 15) is 14.9 Å². The number of methoxy groups -OCH3 is 1. The van der Waals surface area contributed by atoms with Crippen LogP contribution in [0.15, 0.2) is 36.7 Å². The molecule has 1 amide bonds. The number of anilines is 2. The molecule has 0 bridgehead atoms. The number of hydrogen-bond acceptors (Lipinski definition) is 6. The quantitative estimate of drug-likeness (QED) is 0.654. The largest absolute Gasteiger partial charge is 0.490 e. The number of benzene rings is 1. The van der Waals surface area contributed by atoms with Crippen molar-refractivity contribution in [3.8, 4) is 5.75 Å². The van der Waals surface area contributed by atoms with Gasteiger partial charge in [-0.25, -0.2) is 0 Å². The van der Waals surface area contributed by atoms with E-state index in [0.29, 0.717) is 0 Å². The molecular formula is C13H12N4O4. The maximum Gasteiger partial charge on any atom is 0.312 e. The second kappa shape index (κ2) is 5.87. The number of carbonyl (C=O) groups is 1. The average molecular weight is 288 g/mol. The number of amides is 1. The van der Waals surface area contributed by atoms with Gasteiger partial charge in [-0.1, -0.05) is 0 Å². The van der Waals surface area contributed by atoms with Crippen molar-refractivity contribution in [2.45, 2.75) is 0 Å². The van der Waals surface area contributed by atoms with Crippen molar-refractivity contribution in [1.29, 1.82) is 0 Å². The van der Waals surface area contributed by atoms with Crippen molar-refractivity contribution in [3.05, 3.63) is 52.3 Å². The maximum absolute atomic E-state index is 12.0. The van der Waals surface area contributed by atoms with Gasteiger partial charge in [0.15, 0.2) is 5.75 Å². The highest BCUT2D eigenvalue weighted by atomic mass is 16.6. The molecule has 0 saturated heterocycles. The molecule has 0 radical (unpaired) electrons. The number of hydrogen-bond donors (Lipinski definition) is 2. The lowest BCUT2D eigenvalue weighted by Gasteiger charge is -2.08. The molecule has 3 N–H and O–H groups in total. The van der Waals surface area contributed by atoms with Crippen LogP contribution in [0.2, 0.25) is 0 Å². The molecular weight excluding hydrogens is 276 g/mol. The predicted molar refractivity (Wildman–Crippen MR) is 76.3 cm³/mol. The Bertz CT molecular complexity index is 702. The average Bonchev–Trinajstić information content (AvgIpc) is 2.47. The molecule has 0 aliphatic carbocycles. The highest BCUT2D eigenvalue weighted by Gasteiger charge is 2.17. The summed E-state index contributed by atoms with van der Waals surface area (Å²) >= 11 is 0. The molecule has 1 heterocycles.